The summed E-state index contributed by atoms with van der Waals surface area (Å²) >= 11 is 0. The summed E-state index contributed by atoms with van der Waals surface area (Å²) in [7, 11) is 0. The van der Waals surface area contributed by atoms with Crippen LogP contribution in [0.15, 0.2) is 30.3 Å². The molecular weight excluding hydrogens is 180 g/mol. The van der Waals surface area contributed by atoms with Crippen molar-refractivity contribution in [3.8, 4) is 0 Å². The second-order valence-electron chi connectivity index (χ2n) is 2.74. The van der Waals surface area contributed by atoms with Crippen LogP contribution in [0.5, 0.6) is 0 Å². The zero-order valence-electron chi connectivity index (χ0n) is 7.51. The molecule has 0 bridgehead atoms. The van der Waals surface area contributed by atoms with E-state index in [-0.39, 0.29) is 5.56 Å². The molecule has 14 heavy (non-hydrogen) atoms. The lowest BCUT2D eigenvalue weighted by Crippen LogP contribution is -1.95. The fourth-order valence-corrected chi connectivity index (χ4v) is 1.04. The molecule has 0 aromatic heterocycles. The highest BCUT2D eigenvalue weighted by molar-refractivity contribution is 5.88. The first kappa shape index (κ1) is 10.2. The Bertz CT molecular complexity index is 367. The zero-order valence-corrected chi connectivity index (χ0v) is 7.51. The molecule has 3 nitrogen and oxygen atoms in total. The summed E-state index contributed by atoms with van der Waals surface area (Å²) in [5, 5.41) is 8.70. The van der Waals surface area contributed by atoms with Crippen molar-refractivity contribution in [2.45, 2.75) is 6.42 Å². The maximum Gasteiger partial charge on any atom is 0.335 e. The third-order valence-corrected chi connectivity index (χ3v) is 1.68. The summed E-state index contributed by atoms with van der Waals surface area (Å²) in [6.45, 7) is 0. The minimum Gasteiger partial charge on any atom is -0.478 e. The number of hydrogen-bond donors (Lipinski definition) is 1. The van der Waals surface area contributed by atoms with Gasteiger partial charge in [0, 0.05) is 6.42 Å². The van der Waals surface area contributed by atoms with E-state index in [1.165, 1.54) is 6.07 Å². The number of rotatable bonds is 4. The molecule has 0 saturated heterocycles. The van der Waals surface area contributed by atoms with E-state index < -0.39 is 5.97 Å². The Morgan fingerprint density at radius 3 is 2.86 bits per heavy atom. The lowest BCUT2D eigenvalue weighted by Gasteiger charge is -1.95. The lowest BCUT2D eigenvalue weighted by molar-refractivity contribution is -0.107. The molecule has 0 amide bonds. The highest BCUT2D eigenvalue weighted by Crippen LogP contribution is 2.07. The van der Waals surface area contributed by atoms with Crippen LogP contribution in [0.25, 0.3) is 6.08 Å². The Morgan fingerprint density at radius 1 is 1.43 bits per heavy atom. The molecule has 0 aliphatic heterocycles. The van der Waals surface area contributed by atoms with Crippen molar-refractivity contribution in [3.63, 3.8) is 0 Å². The molecule has 0 aliphatic carbocycles. The summed E-state index contributed by atoms with van der Waals surface area (Å²) in [4.78, 5) is 20.6. The Balaban J connectivity index is 2.83. The summed E-state index contributed by atoms with van der Waals surface area (Å²) in [5.74, 6) is -0.948. The summed E-state index contributed by atoms with van der Waals surface area (Å²) in [5.41, 5.74) is 1.03. The van der Waals surface area contributed by atoms with Crippen molar-refractivity contribution in [2.24, 2.45) is 0 Å². The van der Waals surface area contributed by atoms with Gasteiger partial charge in [0.15, 0.2) is 0 Å². The van der Waals surface area contributed by atoms with E-state index in [4.69, 9.17) is 5.11 Å². The van der Waals surface area contributed by atoms with Gasteiger partial charge < -0.3 is 9.90 Å². The van der Waals surface area contributed by atoms with E-state index in [9.17, 15) is 9.59 Å². The summed E-state index contributed by atoms with van der Waals surface area (Å²) < 4.78 is 0. The van der Waals surface area contributed by atoms with Crippen molar-refractivity contribution in [1.29, 1.82) is 0 Å². The van der Waals surface area contributed by atoms with Gasteiger partial charge in [0.2, 0.25) is 0 Å². The number of aldehydes is 1. The van der Waals surface area contributed by atoms with Crippen molar-refractivity contribution in [1.82, 2.24) is 0 Å². The normalized spacial score (nSPS) is 10.3. The SMILES string of the molecule is O=CCC=Cc1cccc(C(=O)O)c1. The topological polar surface area (TPSA) is 54.4 Å². The fourth-order valence-electron chi connectivity index (χ4n) is 1.04. The first-order valence-electron chi connectivity index (χ1n) is 4.17. The first-order valence-corrected chi connectivity index (χ1v) is 4.17. The van der Waals surface area contributed by atoms with Crippen LogP contribution in [-0.2, 0) is 4.79 Å². The quantitative estimate of drug-likeness (QED) is 0.738. The fraction of sp³-hybridized carbons (Fsp3) is 0.0909. The van der Waals surface area contributed by atoms with Gasteiger partial charge in [0.25, 0.3) is 0 Å². The number of hydrogen-bond acceptors (Lipinski definition) is 2. The van der Waals surface area contributed by atoms with Gasteiger partial charge in [-0.05, 0) is 17.7 Å². The first-order chi connectivity index (χ1) is 6.74. The minimum atomic E-state index is -0.948. The van der Waals surface area contributed by atoms with Gasteiger partial charge in [-0.15, -0.1) is 0 Å². The second kappa shape index (κ2) is 4.97. The maximum atomic E-state index is 10.6. The molecule has 0 fully saturated rings. The Labute approximate surface area is 81.7 Å². The molecule has 0 radical (unpaired) electrons. The van der Waals surface area contributed by atoms with Crippen LogP contribution < -0.4 is 0 Å². The number of carboxylic acids is 1. The van der Waals surface area contributed by atoms with Gasteiger partial charge in [0.05, 0.1) is 5.56 Å². The standard InChI is InChI=1S/C11H10O3/c12-7-2-1-4-9-5-3-6-10(8-9)11(13)14/h1,3-8H,2H2,(H,13,14). The van der Waals surface area contributed by atoms with Gasteiger partial charge in [-0.25, -0.2) is 4.79 Å². The Kier molecular flexibility index (Phi) is 3.61. The predicted molar refractivity (Wildman–Crippen MR) is 53.1 cm³/mol. The van der Waals surface area contributed by atoms with Crippen LogP contribution in [0.4, 0.5) is 0 Å². The minimum absolute atomic E-state index is 0.248. The lowest BCUT2D eigenvalue weighted by atomic mass is 10.1. The van der Waals surface area contributed by atoms with Crippen molar-refractivity contribution in [3.05, 3.63) is 41.5 Å². The van der Waals surface area contributed by atoms with Gasteiger partial charge in [-0.2, -0.15) is 0 Å². The van der Waals surface area contributed by atoms with Crippen molar-refractivity contribution in [2.75, 3.05) is 0 Å². The molecule has 1 rings (SSSR count). The average Bonchev–Trinajstić information content (AvgIpc) is 2.19. The molecule has 0 atom stereocenters. The molecule has 3 heteroatoms. The molecule has 72 valence electrons. The summed E-state index contributed by atoms with van der Waals surface area (Å²) in [6, 6.07) is 6.54. The maximum absolute atomic E-state index is 10.6. The second-order valence-corrected chi connectivity index (χ2v) is 2.74. The van der Waals surface area contributed by atoms with E-state index in [1.54, 1.807) is 30.4 Å². The van der Waals surface area contributed by atoms with Crippen LogP contribution in [0.3, 0.4) is 0 Å². The smallest absolute Gasteiger partial charge is 0.335 e. The third kappa shape index (κ3) is 2.86. The molecule has 0 unspecified atom stereocenters. The zero-order chi connectivity index (χ0) is 10.4. The predicted octanol–water partition coefficient (Wildman–Crippen LogP) is 1.99. The number of allylic oxidation sites excluding steroid dienone is 1. The van der Waals surface area contributed by atoms with Crippen LogP contribution in [0, 0.1) is 0 Å². The largest absolute Gasteiger partial charge is 0.478 e. The molecule has 0 saturated carbocycles. The number of aromatic carboxylic acids is 1. The summed E-state index contributed by atoms with van der Waals surface area (Å²) in [6.07, 6.45) is 4.55. The van der Waals surface area contributed by atoms with Gasteiger partial charge in [-0.1, -0.05) is 24.3 Å². The van der Waals surface area contributed by atoms with E-state index >= 15 is 0 Å². The number of carbonyl (C=O) groups excluding carboxylic acids is 1. The van der Waals surface area contributed by atoms with Crippen molar-refractivity contribution >= 4 is 18.3 Å². The van der Waals surface area contributed by atoms with Crippen LogP contribution in [0.2, 0.25) is 0 Å². The average molecular weight is 190 g/mol. The van der Waals surface area contributed by atoms with Gasteiger partial charge in [-0.3, -0.25) is 0 Å². The number of carbonyl (C=O) groups is 2. The van der Waals surface area contributed by atoms with Crippen LogP contribution >= 0.6 is 0 Å². The van der Waals surface area contributed by atoms with E-state index in [0.717, 1.165) is 11.8 Å². The molecule has 1 aromatic carbocycles. The van der Waals surface area contributed by atoms with E-state index in [2.05, 4.69) is 0 Å². The van der Waals surface area contributed by atoms with E-state index in [1.807, 2.05) is 0 Å². The molecule has 0 heterocycles. The molecule has 0 aliphatic rings. The molecule has 0 spiro atoms. The van der Waals surface area contributed by atoms with Crippen molar-refractivity contribution < 1.29 is 14.7 Å². The number of carboxylic acid groups (broad SMARTS) is 1. The third-order valence-electron chi connectivity index (χ3n) is 1.68. The van der Waals surface area contributed by atoms with Crippen LogP contribution in [0.1, 0.15) is 22.3 Å². The molecule has 1 N–H and O–H groups in total. The van der Waals surface area contributed by atoms with Crippen LogP contribution in [-0.4, -0.2) is 17.4 Å². The van der Waals surface area contributed by atoms with Gasteiger partial charge >= 0.3 is 5.97 Å². The molecular formula is C11H10O3. The highest BCUT2D eigenvalue weighted by Gasteiger charge is 2.00. The number of benzene rings is 1. The Morgan fingerprint density at radius 2 is 2.21 bits per heavy atom. The highest BCUT2D eigenvalue weighted by atomic mass is 16.4. The molecule has 1 aromatic rings. The Hall–Kier alpha value is -1.90. The van der Waals surface area contributed by atoms with E-state index in [0.29, 0.717) is 6.42 Å². The van der Waals surface area contributed by atoms with Gasteiger partial charge in [0.1, 0.15) is 6.29 Å². The monoisotopic (exact) mass is 190 g/mol.